The zero-order valence-electron chi connectivity index (χ0n) is 20.3. The molecular formula is C29H22IrN3O4-. The van der Waals surface area contributed by atoms with E-state index in [2.05, 4.69) is 21.0 Å². The number of hydrogen-bond acceptors (Lipinski definition) is 7. The van der Waals surface area contributed by atoms with Crippen LogP contribution in [0.25, 0.3) is 55.7 Å². The van der Waals surface area contributed by atoms with Crippen LogP contribution in [0.4, 0.5) is 0 Å². The van der Waals surface area contributed by atoms with Crippen LogP contribution in [0, 0.1) is 13.0 Å². The van der Waals surface area contributed by atoms with Gasteiger partial charge in [0.25, 0.3) is 0 Å². The molecule has 1 radical (unpaired) electrons. The smallest absolute Gasteiger partial charge is 0.216 e. The zero-order chi connectivity index (χ0) is 25.2. The molecule has 0 aliphatic carbocycles. The van der Waals surface area contributed by atoms with E-state index >= 15 is 0 Å². The minimum absolute atomic E-state index is 0. The summed E-state index contributed by atoms with van der Waals surface area (Å²) in [6.07, 6.45) is 2.71. The zero-order valence-corrected chi connectivity index (χ0v) is 22.7. The molecule has 0 aliphatic rings. The van der Waals surface area contributed by atoms with Crippen LogP contribution in [0.2, 0.25) is 0 Å². The minimum atomic E-state index is -0.125. The molecule has 7 nitrogen and oxygen atoms in total. The van der Waals surface area contributed by atoms with Crippen LogP contribution >= 0.6 is 0 Å². The van der Waals surface area contributed by atoms with E-state index in [1.807, 2.05) is 67.6 Å². The Balaban J connectivity index is 0.000000356. The first-order chi connectivity index (χ1) is 17.4. The third-order valence-corrected chi connectivity index (χ3v) is 5.46. The molecule has 6 aromatic rings. The molecule has 0 spiro atoms. The van der Waals surface area contributed by atoms with Crippen LogP contribution in [-0.4, -0.2) is 25.8 Å². The second-order valence-electron chi connectivity index (χ2n) is 8.31. The van der Waals surface area contributed by atoms with E-state index in [4.69, 9.17) is 13.9 Å². The molecular weight excluding hydrogens is 647 g/mol. The first-order valence-corrected chi connectivity index (χ1v) is 11.3. The fraction of sp³-hybridized carbons (Fsp3) is 0.103. The molecule has 37 heavy (non-hydrogen) atoms. The van der Waals surface area contributed by atoms with Crippen LogP contribution in [-0.2, 0) is 24.9 Å². The number of aromatic nitrogens is 3. The molecule has 2 aromatic carbocycles. The first-order valence-electron chi connectivity index (χ1n) is 11.3. The number of carbonyl (C=O) groups is 1. The summed E-state index contributed by atoms with van der Waals surface area (Å²) in [5, 5.41) is 10.3. The molecule has 0 amide bonds. The molecule has 0 aliphatic heterocycles. The van der Waals surface area contributed by atoms with E-state index < -0.39 is 0 Å². The number of aliphatic hydroxyl groups excluding tert-OH is 1. The van der Waals surface area contributed by atoms with Crippen molar-refractivity contribution in [3.8, 4) is 22.6 Å². The Hall–Kier alpha value is -4.13. The van der Waals surface area contributed by atoms with E-state index in [9.17, 15) is 4.79 Å². The van der Waals surface area contributed by atoms with Crippen molar-refractivity contribution in [3.05, 3.63) is 90.6 Å². The van der Waals surface area contributed by atoms with Crippen molar-refractivity contribution < 1.29 is 38.8 Å². The molecule has 0 unspecified atom stereocenters. The molecule has 187 valence electrons. The summed E-state index contributed by atoms with van der Waals surface area (Å²) in [6.45, 7) is 4.79. The summed E-state index contributed by atoms with van der Waals surface area (Å²) in [4.78, 5) is 23.4. The monoisotopic (exact) mass is 669 g/mol. The molecule has 0 fully saturated rings. The number of ketones is 1. The molecule has 0 atom stereocenters. The van der Waals surface area contributed by atoms with Gasteiger partial charge in [-0.05, 0) is 32.9 Å². The van der Waals surface area contributed by atoms with Gasteiger partial charge in [-0.25, -0.2) is 9.97 Å². The molecule has 4 aromatic heterocycles. The number of rotatable bonds is 3. The Bertz CT molecular complexity index is 1750. The third kappa shape index (κ3) is 5.35. The summed E-state index contributed by atoms with van der Waals surface area (Å²) in [6, 6.07) is 23.0. The summed E-state index contributed by atoms with van der Waals surface area (Å²) < 4.78 is 12.3. The van der Waals surface area contributed by atoms with E-state index in [0.29, 0.717) is 22.6 Å². The number of allylic oxidation sites excluding steroid dienone is 2. The van der Waals surface area contributed by atoms with Gasteiger partial charge in [-0.15, -0.1) is 18.2 Å². The molecule has 0 saturated heterocycles. The number of aryl methyl sites for hydroxylation is 1. The minimum Gasteiger partial charge on any atom is -0.512 e. The molecule has 6 rings (SSSR count). The number of pyridine rings is 1. The Labute approximate surface area is 226 Å². The van der Waals surface area contributed by atoms with Gasteiger partial charge in [-0.3, -0.25) is 9.78 Å². The van der Waals surface area contributed by atoms with Crippen molar-refractivity contribution in [2.75, 3.05) is 0 Å². The third-order valence-electron chi connectivity index (χ3n) is 5.46. The molecule has 1 N–H and O–H groups in total. The van der Waals surface area contributed by atoms with Crippen molar-refractivity contribution in [1.82, 2.24) is 15.0 Å². The number of benzene rings is 2. The Morgan fingerprint density at radius 2 is 1.76 bits per heavy atom. The summed E-state index contributed by atoms with van der Waals surface area (Å²) in [5.74, 6) is 0.684. The standard InChI is InChI=1S/C24H14N3O2.C5H8O2.Ir/c1-14-10-11-17-16-8-5-9-18(22(16)29-24(17)27-14)21-23-19(25-13-26-21)12-20(28-23)15-6-3-2-4-7-15;1-4(6)3-5(2)7;/h2-8,10-13H,1H3;3,6H,1-2H3;/q-1;;/b;4-3-;. The fourth-order valence-electron chi connectivity index (χ4n) is 3.96. The van der Waals surface area contributed by atoms with Crippen molar-refractivity contribution >= 4 is 39.0 Å². The predicted molar refractivity (Wildman–Crippen MR) is 138 cm³/mol. The van der Waals surface area contributed by atoms with Gasteiger partial charge < -0.3 is 13.9 Å². The van der Waals surface area contributed by atoms with E-state index in [0.717, 1.165) is 38.9 Å². The Morgan fingerprint density at radius 1 is 0.973 bits per heavy atom. The predicted octanol–water partition coefficient (Wildman–Crippen LogP) is 6.99. The van der Waals surface area contributed by atoms with Crippen molar-refractivity contribution in [1.29, 1.82) is 0 Å². The van der Waals surface area contributed by atoms with Crippen molar-refractivity contribution in [2.24, 2.45) is 0 Å². The number of nitrogens with zero attached hydrogens (tertiary/aromatic N) is 3. The topological polar surface area (TPSA) is 102 Å². The quantitative estimate of drug-likeness (QED) is 0.123. The fourth-order valence-corrected chi connectivity index (χ4v) is 3.96. The summed E-state index contributed by atoms with van der Waals surface area (Å²) in [7, 11) is 0. The average molecular weight is 669 g/mol. The van der Waals surface area contributed by atoms with Crippen molar-refractivity contribution in [3.63, 3.8) is 0 Å². The van der Waals surface area contributed by atoms with Gasteiger partial charge in [-0.2, -0.15) is 0 Å². The van der Waals surface area contributed by atoms with Gasteiger partial charge in [0.05, 0.1) is 11.3 Å². The van der Waals surface area contributed by atoms with E-state index in [-0.39, 0.29) is 31.6 Å². The second kappa shape index (κ2) is 10.9. The van der Waals surface area contributed by atoms with Crippen molar-refractivity contribution in [2.45, 2.75) is 20.8 Å². The van der Waals surface area contributed by atoms with Gasteiger partial charge in [0.15, 0.2) is 5.78 Å². The normalized spacial score (nSPS) is 11.3. The number of aliphatic hydroxyl groups is 1. The summed E-state index contributed by atoms with van der Waals surface area (Å²) >= 11 is 0. The SMILES string of the molecule is CC(=O)/C=C(/C)O.Cc1ccc2c(n1)oc1c(-c3ncnc4cc(-c5ccccc5)oc34)[c-]ccc12.[Ir]. The summed E-state index contributed by atoms with van der Waals surface area (Å²) in [5.41, 5.74) is 5.93. The van der Waals surface area contributed by atoms with Gasteiger partial charge in [-0.1, -0.05) is 41.3 Å². The maximum Gasteiger partial charge on any atom is 0.216 e. The first kappa shape index (κ1) is 25.9. The van der Waals surface area contributed by atoms with Gasteiger partial charge >= 0.3 is 0 Å². The maximum atomic E-state index is 10.0. The molecule has 8 heteroatoms. The largest absolute Gasteiger partial charge is 0.512 e. The van der Waals surface area contributed by atoms with E-state index in [1.165, 1.54) is 19.9 Å². The van der Waals surface area contributed by atoms with Gasteiger partial charge in [0, 0.05) is 54.6 Å². The molecule has 0 bridgehead atoms. The van der Waals surface area contributed by atoms with Crippen LogP contribution in [0.3, 0.4) is 0 Å². The number of fused-ring (bicyclic) bond motifs is 4. The van der Waals surface area contributed by atoms with Crippen LogP contribution in [0.15, 0.2) is 87.7 Å². The number of hydrogen-bond donors (Lipinski definition) is 1. The average Bonchev–Trinajstić information content (AvgIpc) is 3.45. The number of carbonyl (C=O) groups excluding carboxylic acids is 1. The van der Waals surface area contributed by atoms with Crippen LogP contribution < -0.4 is 0 Å². The van der Waals surface area contributed by atoms with Gasteiger partial charge in [0.1, 0.15) is 23.2 Å². The van der Waals surface area contributed by atoms with E-state index in [1.54, 1.807) is 6.33 Å². The number of furan rings is 2. The van der Waals surface area contributed by atoms with Crippen LogP contribution in [0.1, 0.15) is 19.5 Å². The molecule has 0 saturated carbocycles. The molecule has 4 heterocycles. The Kier molecular flexibility index (Phi) is 7.62. The van der Waals surface area contributed by atoms with Crippen LogP contribution in [0.5, 0.6) is 0 Å². The Morgan fingerprint density at radius 3 is 2.46 bits per heavy atom. The second-order valence-corrected chi connectivity index (χ2v) is 8.31. The maximum absolute atomic E-state index is 10.0. The van der Waals surface area contributed by atoms with Gasteiger partial charge in [0.2, 0.25) is 5.71 Å².